The molecule has 7 heteroatoms. The first kappa shape index (κ1) is 23.3. The van der Waals surface area contributed by atoms with Crippen molar-refractivity contribution >= 4 is 5.96 Å². The van der Waals surface area contributed by atoms with Crippen LogP contribution in [0.3, 0.4) is 0 Å². The van der Waals surface area contributed by atoms with Crippen molar-refractivity contribution in [2.45, 2.75) is 59.3 Å². The molecule has 0 atom stereocenters. The quantitative estimate of drug-likeness (QED) is 0.477. The molecule has 2 N–H and O–H groups in total. The number of aliphatic imine (C=N–C) groups is 1. The van der Waals surface area contributed by atoms with Gasteiger partial charge in [-0.05, 0) is 50.9 Å². The maximum atomic E-state index is 5.18. The van der Waals surface area contributed by atoms with Gasteiger partial charge in [0, 0.05) is 45.0 Å². The van der Waals surface area contributed by atoms with Crippen molar-refractivity contribution in [1.29, 1.82) is 0 Å². The average Bonchev–Trinajstić information content (AvgIpc) is 3.06. The molecule has 31 heavy (non-hydrogen) atoms. The average molecular weight is 427 g/mol. The summed E-state index contributed by atoms with van der Waals surface area (Å²) in [6, 6.07) is 8.94. The van der Waals surface area contributed by atoms with E-state index in [1.165, 1.54) is 54.7 Å². The molecule has 0 bridgehead atoms. The number of aryl methyl sites for hydroxylation is 1. The minimum atomic E-state index is 0.662. The van der Waals surface area contributed by atoms with E-state index in [2.05, 4.69) is 63.7 Å². The Morgan fingerprint density at radius 2 is 1.71 bits per heavy atom. The number of piperidine rings is 1. The zero-order valence-electron chi connectivity index (χ0n) is 19.6. The molecule has 0 amide bonds. The van der Waals surface area contributed by atoms with E-state index >= 15 is 0 Å². The molecule has 1 aliphatic heterocycles. The lowest BCUT2D eigenvalue weighted by Crippen LogP contribution is -2.36. The number of hydrogen-bond donors (Lipinski definition) is 2. The van der Waals surface area contributed by atoms with Crippen molar-refractivity contribution in [3.05, 3.63) is 52.3 Å². The Morgan fingerprint density at radius 3 is 2.39 bits per heavy atom. The lowest BCUT2D eigenvalue weighted by atomic mass is 10.1. The van der Waals surface area contributed by atoms with Gasteiger partial charge in [-0.15, -0.1) is 0 Å². The Morgan fingerprint density at radius 1 is 1.03 bits per heavy atom. The highest BCUT2D eigenvalue weighted by Gasteiger charge is 2.12. The Hall–Kier alpha value is -2.38. The zero-order valence-corrected chi connectivity index (χ0v) is 19.6. The zero-order chi connectivity index (χ0) is 22.1. The van der Waals surface area contributed by atoms with E-state index in [4.69, 9.17) is 4.74 Å². The Kier molecular flexibility index (Phi) is 8.91. The summed E-state index contributed by atoms with van der Waals surface area (Å²) in [5.41, 5.74) is 6.07. The van der Waals surface area contributed by atoms with Crippen molar-refractivity contribution in [2.24, 2.45) is 4.99 Å². The number of rotatable bonds is 9. The summed E-state index contributed by atoms with van der Waals surface area (Å²) in [6.07, 6.45) is 4.05. The van der Waals surface area contributed by atoms with Crippen LogP contribution in [0.25, 0.3) is 0 Å². The predicted octanol–water partition coefficient (Wildman–Crippen LogP) is 3.00. The summed E-state index contributed by atoms with van der Waals surface area (Å²) in [5.74, 6) is 0.792. The summed E-state index contributed by atoms with van der Waals surface area (Å²) in [6.45, 7) is 10.6. The maximum absolute atomic E-state index is 5.18. The van der Waals surface area contributed by atoms with E-state index in [-0.39, 0.29) is 0 Å². The smallest absolute Gasteiger partial charge is 0.191 e. The summed E-state index contributed by atoms with van der Waals surface area (Å²) >= 11 is 0. The third kappa shape index (κ3) is 6.80. The van der Waals surface area contributed by atoms with Crippen molar-refractivity contribution in [1.82, 2.24) is 25.3 Å². The molecular weight excluding hydrogens is 388 g/mol. The molecule has 0 spiro atoms. The number of guanidine groups is 1. The summed E-state index contributed by atoms with van der Waals surface area (Å²) in [5, 5.41) is 11.5. The van der Waals surface area contributed by atoms with E-state index in [1.807, 2.05) is 4.68 Å². The molecule has 0 saturated carbocycles. The number of methoxy groups -OCH3 is 1. The van der Waals surface area contributed by atoms with E-state index in [0.717, 1.165) is 31.3 Å². The summed E-state index contributed by atoms with van der Waals surface area (Å²) in [4.78, 5) is 6.93. The van der Waals surface area contributed by atoms with Crippen LogP contribution in [-0.4, -0.2) is 54.5 Å². The Labute approximate surface area is 186 Å². The van der Waals surface area contributed by atoms with Crippen LogP contribution in [0, 0.1) is 13.8 Å². The highest BCUT2D eigenvalue weighted by Crippen LogP contribution is 2.14. The molecule has 7 nitrogen and oxygen atoms in total. The van der Waals surface area contributed by atoms with Crippen molar-refractivity contribution in [2.75, 3.05) is 33.9 Å². The van der Waals surface area contributed by atoms with Gasteiger partial charge in [-0.3, -0.25) is 14.6 Å². The Balaban J connectivity index is 1.48. The molecule has 1 saturated heterocycles. The first-order valence-corrected chi connectivity index (χ1v) is 11.4. The Bertz CT molecular complexity index is 836. The van der Waals surface area contributed by atoms with Gasteiger partial charge in [-0.1, -0.05) is 30.7 Å². The SMILES string of the molecule is CN=C(NCc1ccc(CN2CCCCC2)cc1)NCc1c(C)nn(CCOC)c1C. The van der Waals surface area contributed by atoms with Gasteiger partial charge in [0.25, 0.3) is 0 Å². The molecule has 2 heterocycles. The van der Waals surface area contributed by atoms with E-state index < -0.39 is 0 Å². The highest BCUT2D eigenvalue weighted by atomic mass is 16.5. The molecule has 1 aromatic carbocycles. The second kappa shape index (κ2) is 11.9. The molecule has 1 aliphatic rings. The second-order valence-electron chi connectivity index (χ2n) is 8.30. The van der Waals surface area contributed by atoms with Gasteiger partial charge in [0.15, 0.2) is 5.96 Å². The van der Waals surface area contributed by atoms with Crippen LogP contribution in [0.2, 0.25) is 0 Å². The number of hydrogen-bond acceptors (Lipinski definition) is 4. The van der Waals surface area contributed by atoms with Gasteiger partial charge >= 0.3 is 0 Å². The van der Waals surface area contributed by atoms with Gasteiger partial charge < -0.3 is 15.4 Å². The van der Waals surface area contributed by atoms with Crippen molar-refractivity contribution in [3.8, 4) is 0 Å². The third-order valence-electron chi connectivity index (χ3n) is 6.03. The number of nitrogens with one attached hydrogen (secondary N) is 2. The van der Waals surface area contributed by atoms with E-state index in [0.29, 0.717) is 13.2 Å². The maximum Gasteiger partial charge on any atom is 0.191 e. The van der Waals surface area contributed by atoms with Crippen molar-refractivity contribution < 1.29 is 4.74 Å². The number of ether oxygens (including phenoxy) is 1. The monoisotopic (exact) mass is 426 g/mol. The van der Waals surface area contributed by atoms with E-state index in [9.17, 15) is 0 Å². The van der Waals surface area contributed by atoms with Gasteiger partial charge in [0.2, 0.25) is 0 Å². The molecule has 0 unspecified atom stereocenters. The van der Waals surface area contributed by atoms with Crippen LogP contribution >= 0.6 is 0 Å². The molecule has 0 radical (unpaired) electrons. The fourth-order valence-electron chi connectivity index (χ4n) is 4.10. The van der Waals surface area contributed by atoms with Crippen molar-refractivity contribution in [3.63, 3.8) is 0 Å². The number of aromatic nitrogens is 2. The first-order chi connectivity index (χ1) is 15.1. The normalized spacial score (nSPS) is 15.3. The first-order valence-electron chi connectivity index (χ1n) is 11.4. The van der Waals surface area contributed by atoms with Crippen LogP contribution < -0.4 is 10.6 Å². The van der Waals surface area contributed by atoms with Crippen LogP contribution in [-0.2, 0) is 30.9 Å². The van der Waals surface area contributed by atoms with Gasteiger partial charge in [0.05, 0.1) is 18.8 Å². The second-order valence-corrected chi connectivity index (χ2v) is 8.30. The van der Waals surface area contributed by atoms with E-state index in [1.54, 1.807) is 14.2 Å². The molecular formula is C24H38N6O. The van der Waals surface area contributed by atoms with Crippen LogP contribution in [0.5, 0.6) is 0 Å². The summed E-state index contributed by atoms with van der Waals surface area (Å²) in [7, 11) is 3.52. The minimum Gasteiger partial charge on any atom is -0.383 e. The third-order valence-corrected chi connectivity index (χ3v) is 6.03. The molecule has 1 aromatic heterocycles. The lowest BCUT2D eigenvalue weighted by Gasteiger charge is -2.26. The van der Waals surface area contributed by atoms with Gasteiger partial charge in [0.1, 0.15) is 0 Å². The molecule has 170 valence electrons. The molecule has 1 fully saturated rings. The summed E-state index contributed by atoms with van der Waals surface area (Å²) < 4.78 is 7.19. The fourth-order valence-corrected chi connectivity index (χ4v) is 4.10. The number of benzene rings is 1. The van der Waals surface area contributed by atoms with Gasteiger partial charge in [-0.25, -0.2) is 0 Å². The van der Waals surface area contributed by atoms with Gasteiger partial charge in [-0.2, -0.15) is 5.10 Å². The highest BCUT2D eigenvalue weighted by molar-refractivity contribution is 5.79. The predicted molar refractivity (Wildman–Crippen MR) is 126 cm³/mol. The largest absolute Gasteiger partial charge is 0.383 e. The molecule has 0 aliphatic carbocycles. The minimum absolute atomic E-state index is 0.662. The molecule has 2 aromatic rings. The number of likely N-dealkylation sites (tertiary alicyclic amines) is 1. The van der Waals surface area contributed by atoms with Crippen LogP contribution in [0.1, 0.15) is 47.3 Å². The standard InChI is InChI=1S/C24H38N6O/c1-19-23(20(2)30(28-19)14-15-31-4)17-27-24(25-3)26-16-21-8-10-22(11-9-21)18-29-12-6-5-7-13-29/h8-11H,5-7,12-18H2,1-4H3,(H2,25,26,27). The lowest BCUT2D eigenvalue weighted by molar-refractivity contribution is 0.182. The topological polar surface area (TPSA) is 66.7 Å². The molecule has 3 rings (SSSR count). The van der Waals surface area contributed by atoms with Crippen LogP contribution in [0.15, 0.2) is 29.3 Å². The fraction of sp³-hybridized carbons (Fsp3) is 0.583. The number of nitrogens with zero attached hydrogens (tertiary/aromatic N) is 4. The van der Waals surface area contributed by atoms with Crippen LogP contribution in [0.4, 0.5) is 0 Å².